The Morgan fingerprint density at radius 1 is 1.67 bits per heavy atom. The van der Waals surface area contributed by atoms with Gasteiger partial charge in [0.05, 0.1) is 11.1 Å². The Morgan fingerprint density at radius 2 is 2.47 bits per heavy atom. The third-order valence-electron chi connectivity index (χ3n) is 3.67. The van der Waals surface area contributed by atoms with E-state index < -0.39 is 0 Å². The van der Waals surface area contributed by atoms with Crippen molar-refractivity contribution in [2.75, 3.05) is 0 Å². The molecule has 1 fully saturated rings. The van der Waals surface area contributed by atoms with E-state index in [0.717, 1.165) is 11.4 Å². The number of thiazole rings is 1. The van der Waals surface area contributed by atoms with Gasteiger partial charge in [0.15, 0.2) is 0 Å². The second-order valence-electron chi connectivity index (χ2n) is 5.18. The summed E-state index contributed by atoms with van der Waals surface area (Å²) in [7, 11) is 0. The maximum absolute atomic E-state index is 10.2. The predicted octanol–water partition coefficient (Wildman–Crippen LogP) is 2.87. The fourth-order valence-corrected chi connectivity index (χ4v) is 3.41. The van der Waals surface area contributed by atoms with Crippen LogP contribution in [0.15, 0.2) is 11.6 Å². The molecule has 1 aliphatic carbocycles. The van der Waals surface area contributed by atoms with E-state index >= 15 is 0 Å². The summed E-state index contributed by atoms with van der Waals surface area (Å²) in [4.78, 5) is 4.23. The highest BCUT2D eigenvalue weighted by molar-refractivity contribution is 7.09. The summed E-state index contributed by atoms with van der Waals surface area (Å²) in [6.45, 7) is 4.55. The van der Waals surface area contributed by atoms with Gasteiger partial charge in [0.2, 0.25) is 0 Å². The number of aromatic nitrogens is 1. The van der Waals surface area contributed by atoms with E-state index in [9.17, 15) is 5.11 Å². The molecule has 0 amide bonds. The molecule has 1 N–H and O–H groups in total. The lowest BCUT2D eigenvalue weighted by atomic mass is 9.78. The SMILES string of the molecule is CC1(C)CCCC1C(O)Cc1nccs1. The fraction of sp³-hybridized carbons (Fsp3) is 0.750. The van der Waals surface area contributed by atoms with Gasteiger partial charge in [-0.2, -0.15) is 0 Å². The van der Waals surface area contributed by atoms with Gasteiger partial charge >= 0.3 is 0 Å². The number of aliphatic hydroxyl groups excluding tert-OH is 1. The third kappa shape index (κ3) is 2.40. The monoisotopic (exact) mass is 225 g/mol. The Balaban J connectivity index is 1.99. The first kappa shape index (κ1) is 11.1. The Morgan fingerprint density at radius 3 is 3.00 bits per heavy atom. The maximum Gasteiger partial charge on any atom is 0.0950 e. The van der Waals surface area contributed by atoms with Gasteiger partial charge in [-0.3, -0.25) is 0 Å². The molecule has 2 unspecified atom stereocenters. The van der Waals surface area contributed by atoms with Crippen LogP contribution in [-0.4, -0.2) is 16.2 Å². The van der Waals surface area contributed by atoms with Crippen LogP contribution in [0.4, 0.5) is 0 Å². The minimum absolute atomic E-state index is 0.214. The molecule has 0 bridgehead atoms. The van der Waals surface area contributed by atoms with E-state index in [2.05, 4.69) is 18.8 Å². The molecule has 1 aromatic heterocycles. The number of hydrogen-bond donors (Lipinski definition) is 1. The Hall–Kier alpha value is -0.410. The molecule has 0 saturated heterocycles. The van der Waals surface area contributed by atoms with Gasteiger partial charge in [0.1, 0.15) is 0 Å². The maximum atomic E-state index is 10.2. The van der Waals surface area contributed by atoms with Crippen molar-refractivity contribution >= 4 is 11.3 Å². The van der Waals surface area contributed by atoms with Crippen LogP contribution in [0.1, 0.15) is 38.1 Å². The molecule has 2 nitrogen and oxygen atoms in total. The van der Waals surface area contributed by atoms with Gasteiger partial charge in [-0.25, -0.2) is 4.98 Å². The minimum Gasteiger partial charge on any atom is -0.392 e. The zero-order valence-electron chi connectivity index (χ0n) is 9.44. The largest absolute Gasteiger partial charge is 0.392 e. The van der Waals surface area contributed by atoms with Crippen molar-refractivity contribution in [1.82, 2.24) is 4.98 Å². The van der Waals surface area contributed by atoms with Crippen LogP contribution in [-0.2, 0) is 6.42 Å². The number of aliphatic hydroxyl groups is 1. The van der Waals surface area contributed by atoms with Crippen LogP contribution in [0.2, 0.25) is 0 Å². The summed E-state index contributed by atoms with van der Waals surface area (Å²) in [5, 5.41) is 13.3. The Kier molecular flexibility index (Phi) is 3.12. The molecule has 1 aromatic rings. The summed E-state index contributed by atoms with van der Waals surface area (Å²) in [5.74, 6) is 0.446. The molecule has 0 radical (unpaired) electrons. The summed E-state index contributed by atoms with van der Waals surface area (Å²) < 4.78 is 0. The van der Waals surface area contributed by atoms with Gasteiger partial charge in [-0.1, -0.05) is 20.3 Å². The van der Waals surface area contributed by atoms with E-state index in [4.69, 9.17) is 0 Å². The summed E-state index contributed by atoms with van der Waals surface area (Å²) in [6, 6.07) is 0. The van der Waals surface area contributed by atoms with E-state index in [-0.39, 0.29) is 6.10 Å². The summed E-state index contributed by atoms with van der Waals surface area (Å²) in [6.07, 6.45) is 5.99. The Bertz CT molecular complexity index is 307. The van der Waals surface area contributed by atoms with Gasteiger partial charge < -0.3 is 5.11 Å². The van der Waals surface area contributed by atoms with Crippen molar-refractivity contribution in [2.45, 2.75) is 45.6 Å². The normalized spacial score (nSPS) is 26.7. The fourth-order valence-electron chi connectivity index (χ4n) is 2.74. The smallest absolute Gasteiger partial charge is 0.0950 e. The molecule has 1 saturated carbocycles. The van der Waals surface area contributed by atoms with Crippen LogP contribution in [0.25, 0.3) is 0 Å². The standard InChI is InChI=1S/C12H19NOS/c1-12(2)5-3-4-9(12)10(14)8-11-13-6-7-15-11/h6-7,9-10,14H,3-5,8H2,1-2H3. The second kappa shape index (κ2) is 4.22. The Labute approximate surface area is 95.4 Å². The summed E-state index contributed by atoms with van der Waals surface area (Å²) >= 11 is 1.64. The first-order chi connectivity index (χ1) is 7.09. The molecule has 1 heterocycles. The van der Waals surface area contributed by atoms with E-state index in [1.807, 2.05) is 11.6 Å². The highest BCUT2D eigenvalue weighted by Gasteiger charge is 2.38. The quantitative estimate of drug-likeness (QED) is 0.858. The molecular weight excluding hydrogens is 206 g/mol. The molecule has 0 aromatic carbocycles. The van der Waals surface area contributed by atoms with Gasteiger partial charge in [0.25, 0.3) is 0 Å². The van der Waals surface area contributed by atoms with E-state index in [1.54, 1.807) is 11.3 Å². The molecule has 0 spiro atoms. The van der Waals surface area contributed by atoms with Crippen LogP contribution < -0.4 is 0 Å². The zero-order chi connectivity index (χ0) is 10.9. The van der Waals surface area contributed by atoms with Crippen molar-refractivity contribution < 1.29 is 5.11 Å². The van der Waals surface area contributed by atoms with Crippen LogP contribution in [0.3, 0.4) is 0 Å². The lowest BCUT2D eigenvalue weighted by molar-refractivity contribution is 0.0542. The molecule has 0 aliphatic heterocycles. The van der Waals surface area contributed by atoms with E-state index in [0.29, 0.717) is 11.3 Å². The third-order valence-corrected chi connectivity index (χ3v) is 4.47. The molecule has 84 valence electrons. The number of hydrogen-bond acceptors (Lipinski definition) is 3. The summed E-state index contributed by atoms with van der Waals surface area (Å²) in [5.41, 5.74) is 0.302. The second-order valence-corrected chi connectivity index (χ2v) is 6.16. The minimum atomic E-state index is -0.214. The molecular formula is C12H19NOS. The van der Waals surface area contributed by atoms with Crippen LogP contribution in [0.5, 0.6) is 0 Å². The highest BCUT2D eigenvalue weighted by atomic mass is 32.1. The van der Waals surface area contributed by atoms with Crippen molar-refractivity contribution in [3.05, 3.63) is 16.6 Å². The van der Waals surface area contributed by atoms with Crippen molar-refractivity contribution in [2.24, 2.45) is 11.3 Å². The first-order valence-electron chi connectivity index (χ1n) is 5.66. The van der Waals surface area contributed by atoms with E-state index in [1.165, 1.54) is 19.3 Å². The average Bonchev–Trinajstić information content (AvgIpc) is 2.73. The van der Waals surface area contributed by atoms with Gasteiger partial charge in [-0.15, -0.1) is 11.3 Å². The lowest BCUT2D eigenvalue weighted by Crippen LogP contribution is -2.31. The molecule has 2 rings (SSSR count). The van der Waals surface area contributed by atoms with Crippen LogP contribution in [0, 0.1) is 11.3 Å². The zero-order valence-corrected chi connectivity index (χ0v) is 10.3. The predicted molar refractivity (Wildman–Crippen MR) is 62.9 cm³/mol. The van der Waals surface area contributed by atoms with Crippen LogP contribution >= 0.6 is 11.3 Å². The molecule has 3 heteroatoms. The molecule has 15 heavy (non-hydrogen) atoms. The first-order valence-corrected chi connectivity index (χ1v) is 6.54. The molecule has 2 atom stereocenters. The van der Waals surface area contributed by atoms with Crippen molar-refractivity contribution in [1.29, 1.82) is 0 Å². The van der Waals surface area contributed by atoms with Gasteiger partial charge in [-0.05, 0) is 24.2 Å². The van der Waals surface area contributed by atoms with Crippen molar-refractivity contribution in [3.8, 4) is 0 Å². The highest BCUT2D eigenvalue weighted by Crippen LogP contribution is 2.44. The lowest BCUT2D eigenvalue weighted by Gasteiger charge is -2.30. The topological polar surface area (TPSA) is 33.1 Å². The van der Waals surface area contributed by atoms with Gasteiger partial charge in [0, 0.05) is 18.0 Å². The number of rotatable bonds is 3. The average molecular weight is 225 g/mol. The number of nitrogens with zero attached hydrogens (tertiary/aromatic N) is 1. The van der Waals surface area contributed by atoms with Crippen molar-refractivity contribution in [3.63, 3.8) is 0 Å². The molecule has 1 aliphatic rings.